The zero-order valence-corrected chi connectivity index (χ0v) is 22.9. The van der Waals surface area contributed by atoms with E-state index in [1.807, 2.05) is 91.0 Å². The predicted molar refractivity (Wildman–Crippen MR) is 151 cm³/mol. The molecule has 7 nitrogen and oxygen atoms in total. The summed E-state index contributed by atoms with van der Waals surface area (Å²) in [7, 11) is 1.34. The van der Waals surface area contributed by atoms with Crippen molar-refractivity contribution in [3.05, 3.63) is 120 Å². The van der Waals surface area contributed by atoms with Gasteiger partial charge >= 0.3 is 5.97 Å². The van der Waals surface area contributed by atoms with Gasteiger partial charge in [-0.15, -0.1) is 0 Å². The summed E-state index contributed by atoms with van der Waals surface area (Å²) in [4.78, 5) is 11.8. The van der Waals surface area contributed by atoms with Crippen molar-refractivity contribution in [2.75, 3.05) is 13.7 Å². The van der Waals surface area contributed by atoms with Gasteiger partial charge in [-0.2, -0.15) is 0 Å². The monoisotopic (exact) mass is 546 g/mol. The van der Waals surface area contributed by atoms with Crippen LogP contribution in [0.25, 0.3) is 0 Å². The number of aliphatic hydroxyl groups is 1. The fourth-order valence-electron chi connectivity index (χ4n) is 4.73. The summed E-state index contributed by atoms with van der Waals surface area (Å²) in [6.45, 7) is 5.27. The smallest absolute Gasteiger partial charge is 0.309 e. The van der Waals surface area contributed by atoms with E-state index in [1.165, 1.54) is 7.11 Å². The summed E-state index contributed by atoms with van der Waals surface area (Å²) >= 11 is 0. The van der Waals surface area contributed by atoms with Crippen molar-refractivity contribution in [2.45, 2.75) is 63.2 Å². The highest BCUT2D eigenvalue weighted by Crippen LogP contribution is 2.31. The molecule has 0 spiro atoms. The fraction of sp³-hybridized carbons (Fsp3) is 0.364. The fourth-order valence-corrected chi connectivity index (χ4v) is 4.73. The Morgan fingerprint density at radius 3 is 1.80 bits per heavy atom. The molecule has 3 aromatic carbocycles. The average molecular weight is 547 g/mol. The minimum atomic E-state index is -1.02. The first-order valence-corrected chi connectivity index (χ1v) is 13.5. The molecule has 1 heterocycles. The highest BCUT2D eigenvalue weighted by molar-refractivity contribution is 5.72. The van der Waals surface area contributed by atoms with Gasteiger partial charge in [0.15, 0.2) is 0 Å². The number of carbonyl (C=O) groups excluding carboxylic acids is 1. The van der Waals surface area contributed by atoms with E-state index in [0.29, 0.717) is 25.4 Å². The lowest BCUT2D eigenvalue weighted by molar-refractivity contribution is -0.260. The molecule has 5 atom stereocenters. The lowest BCUT2D eigenvalue weighted by Gasteiger charge is -2.45. The van der Waals surface area contributed by atoms with Crippen LogP contribution in [-0.2, 0) is 48.3 Å². The van der Waals surface area contributed by atoms with Gasteiger partial charge in [-0.1, -0.05) is 103 Å². The molecule has 1 saturated heterocycles. The van der Waals surface area contributed by atoms with Gasteiger partial charge in [-0.3, -0.25) is 4.79 Å². The predicted octanol–water partition coefficient (Wildman–Crippen LogP) is 5.01. The molecule has 0 radical (unpaired) electrons. The Morgan fingerprint density at radius 1 is 0.775 bits per heavy atom. The Kier molecular flexibility index (Phi) is 11.5. The maximum absolute atomic E-state index is 11.8. The number of aliphatic hydroxyl groups excluding tert-OH is 1. The normalized spacial score (nSPS) is 22.5. The highest BCUT2D eigenvalue weighted by atomic mass is 16.6. The number of benzene rings is 3. The van der Waals surface area contributed by atoms with E-state index in [-0.39, 0.29) is 25.4 Å². The van der Waals surface area contributed by atoms with Gasteiger partial charge in [0.2, 0.25) is 0 Å². The van der Waals surface area contributed by atoms with Crippen molar-refractivity contribution in [2.24, 2.45) is 0 Å². The van der Waals surface area contributed by atoms with Gasteiger partial charge in [0.25, 0.3) is 0 Å². The highest BCUT2D eigenvalue weighted by Gasteiger charge is 2.47. The molecule has 0 unspecified atom stereocenters. The number of carbonyl (C=O) groups is 1. The molecule has 7 heteroatoms. The standard InChI is InChI=1S/C33H38O7/c1-24(19-30(34)36-2)18-28-31(35)33(39-22-27-16-10-5-11-17-27)32(38-21-26-14-8-4-9-15-26)29(40-28)23-37-20-25-12-6-3-7-13-25/h3-17,28-29,31-33,35H,1,18-23H2,2H3/t28-,29-,31+,32+,33-/m1/s1. The van der Waals surface area contributed by atoms with Crippen LogP contribution in [0.1, 0.15) is 29.5 Å². The van der Waals surface area contributed by atoms with E-state index in [4.69, 9.17) is 23.7 Å². The van der Waals surface area contributed by atoms with Crippen LogP contribution in [0.2, 0.25) is 0 Å². The number of hydrogen-bond donors (Lipinski definition) is 1. The van der Waals surface area contributed by atoms with Crippen molar-refractivity contribution in [1.29, 1.82) is 0 Å². The van der Waals surface area contributed by atoms with E-state index in [1.54, 1.807) is 0 Å². The molecule has 0 amide bonds. The molecule has 1 aliphatic heterocycles. The van der Waals surface area contributed by atoms with E-state index in [2.05, 4.69) is 6.58 Å². The largest absolute Gasteiger partial charge is 0.469 e. The number of esters is 1. The first-order chi connectivity index (χ1) is 19.5. The molecule has 3 aromatic rings. The van der Waals surface area contributed by atoms with E-state index in [0.717, 1.165) is 16.7 Å². The molecule has 212 valence electrons. The van der Waals surface area contributed by atoms with Gasteiger partial charge in [-0.05, 0) is 23.1 Å². The summed E-state index contributed by atoms with van der Waals surface area (Å²) in [5.41, 5.74) is 3.62. The molecular weight excluding hydrogens is 508 g/mol. The third-order valence-corrected chi connectivity index (χ3v) is 6.83. The molecule has 1 fully saturated rings. The molecule has 0 bridgehead atoms. The minimum Gasteiger partial charge on any atom is -0.469 e. The quantitative estimate of drug-likeness (QED) is 0.225. The third-order valence-electron chi connectivity index (χ3n) is 6.83. The summed E-state index contributed by atoms with van der Waals surface area (Å²) in [5.74, 6) is -0.390. The molecule has 4 rings (SSSR count). The first-order valence-electron chi connectivity index (χ1n) is 13.5. The Labute approximate surface area is 236 Å². The van der Waals surface area contributed by atoms with Crippen LogP contribution >= 0.6 is 0 Å². The van der Waals surface area contributed by atoms with Crippen LogP contribution < -0.4 is 0 Å². The van der Waals surface area contributed by atoms with Crippen molar-refractivity contribution in [1.82, 2.24) is 0 Å². The second kappa shape index (κ2) is 15.5. The zero-order chi connectivity index (χ0) is 28.2. The van der Waals surface area contributed by atoms with Crippen molar-refractivity contribution in [3.63, 3.8) is 0 Å². The number of methoxy groups -OCH3 is 1. The molecule has 0 saturated carbocycles. The third kappa shape index (κ3) is 8.84. The van der Waals surface area contributed by atoms with Gasteiger partial charge in [-0.25, -0.2) is 0 Å². The van der Waals surface area contributed by atoms with Crippen molar-refractivity contribution < 1.29 is 33.6 Å². The average Bonchev–Trinajstić information content (AvgIpc) is 2.98. The first kappa shape index (κ1) is 29.6. The van der Waals surface area contributed by atoms with Crippen LogP contribution in [0.15, 0.2) is 103 Å². The van der Waals surface area contributed by atoms with Crippen LogP contribution in [0.4, 0.5) is 0 Å². The Balaban J connectivity index is 1.54. The number of ether oxygens (including phenoxy) is 5. The molecule has 1 N–H and O–H groups in total. The molecule has 40 heavy (non-hydrogen) atoms. The number of rotatable bonds is 14. The van der Waals surface area contributed by atoms with Crippen molar-refractivity contribution >= 4 is 5.97 Å². The topological polar surface area (TPSA) is 83.5 Å². The minimum absolute atomic E-state index is 0.0434. The van der Waals surface area contributed by atoms with Gasteiger partial charge in [0, 0.05) is 0 Å². The maximum atomic E-state index is 11.8. The summed E-state index contributed by atoms with van der Waals surface area (Å²) < 4.78 is 30.0. The van der Waals surface area contributed by atoms with Crippen molar-refractivity contribution in [3.8, 4) is 0 Å². The molecule has 0 aromatic heterocycles. The van der Waals surface area contributed by atoms with E-state index >= 15 is 0 Å². The number of hydrogen-bond acceptors (Lipinski definition) is 7. The summed E-state index contributed by atoms with van der Waals surface area (Å²) in [6.07, 6.45) is -3.24. The lowest BCUT2D eigenvalue weighted by Crippen LogP contribution is -2.60. The van der Waals surface area contributed by atoms with Gasteiger partial charge in [0.05, 0.1) is 46.1 Å². The summed E-state index contributed by atoms with van der Waals surface area (Å²) in [5, 5.41) is 11.5. The molecular formula is C33H38O7. The summed E-state index contributed by atoms with van der Waals surface area (Å²) in [6, 6.07) is 29.5. The zero-order valence-electron chi connectivity index (χ0n) is 22.9. The van der Waals surface area contributed by atoms with Crippen LogP contribution in [0.3, 0.4) is 0 Å². The second-order valence-electron chi connectivity index (χ2n) is 9.93. The SMILES string of the molecule is C=C(CC(=O)OC)C[C@H]1O[C@H](COCc2ccccc2)[C@H](OCc2ccccc2)[C@H](OCc2ccccc2)[C@H]1O. The van der Waals surface area contributed by atoms with Crippen LogP contribution in [0, 0.1) is 0 Å². The molecule has 0 aliphatic carbocycles. The van der Waals surface area contributed by atoms with Crippen LogP contribution in [0.5, 0.6) is 0 Å². The van der Waals surface area contributed by atoms with Gasteiger partial charge < -0.3 is 28.8 Å². The lowest BCUT2D eigenvalue weighted by atomic mass is 9.90. The van der Waals surface area contributed by atoms with E-state index < -0.39 is 30.5 Å². The maximum Gasteiger partial charge on any atom is 0.309 e. The van der Waals surface area contributed by atoms with E-state index in [9.17, 15) is 9.90 Å². The Hall–Kier alpha value is -3.33. The Morgan fingerprint density at radius 2 is 1.27 bits per heavy atom. The molecule has 1 aliphatic rings. The second-order valence-corrected chi connectivity index (χ2v) is 9.93. The van der Waals surface area contributed by atoms with Crippen LogP contribution in [-0.4, -0.2) is 55.3 Å². The Bertz CT molecular complexity index is 1170. The van der Waals surface area contributed by atoms with Gasteiger partial charge in [0.1, 0.15) is 24.4 Å².